The molecular formula is C16H19N3O2. The van der Waals surface area contributed by atoms with Crippen molar-refractivity contribution in [3.63, 3.8) is 0 Å². The maximum absolute atomic E-state index is 11.9. The predicted octanol–water partition coefficient (Wildman–Crippen LogP) is 1.68. The van der Waals surface area contributed by atoms with Gasteiger partial charge in [-0.2, -0.15) is 0 Å². The Bertz CT molecular complexity index is 623. The van der Waals surface area contributed by atoms with E-state index < -0.39 is 0 Å². The van der Waals surface area contributed by atoms with Gasteiger partial charge in [-0.05, 0) is 31.4 Å². The summed E-state index contributed by atoms with van der Waals surface area (Å²) >= 11 is 0. The highest BCUT2D eigenvalue weighted by molar-refractivity contribution is 5.87. The molecule has 1 aromatic rings. The number of nitrogens with zero attached hydrogens (tertiary/aromatic N) is 3. The average Bonchev–Trinajstić information content (AvgIpc) is 3.18. The number of ether oxygens (including phenoxy) is 1. The Morgan fingerprint density at radius 3 is 3.14 bits per heavy atom. The molecule has 4 atom stereocenters. The monoisotopic (exact) mass is 285 g/mol. The molecule has 1 aliphatic carbocycles. The summed E-state index contributed by atoms with van der Waals surface area (Å²) in [5, 5.41) is 0. The summed E-state index contributed by atoms with van der Waals surface area (Å²) in [6.45, 7) is 1.13. The SMILES string of the molecule is O=C1C=C2CC(n3ccnc3)[C@@H]3C[C@@]2(O1)[C@H]1CCCCN31. The smallest absolute Gasteiger partial charge is 0.331 e. The molecule has 1 unspecified atom stereocenters. The lowest BCUT2D eigenvalue weighted by Crippen LogP contribution is -2.48. The zero-order chi connectivity index (χ0) is 14.0. The van der Waals surface area contributed by atoms with Crippen molar-refractivity contribution in [2.24, 2.45) is 0 Å². The Kier molecular flexibility index (Phi) is 2.27. The second kappa shape index (κ2) is 3.97. The number of hydrogen-bond acceptors (Lipinski definition) is 4. The number of esters is 1. The highest BCUT2D eigenvalue weighted by Gasteiger charge is 2.63. The van der Waals surface area contributed by atoms with Crippen LogP contribution < -0.4 is 0 Å². The molecule has 2 saturated heterocycles. The minimum Gasteiger partial charge on any atom is -0.450 e. The highest BCUT2D eigenvalue weighted by atomic mass is 16.6. The second-order valence-corrected chi connectivity index (χ2v) is 6.78. The number of carbonyl (C=O) groups is 1. The van der Waals surface area contributed by atoms with Crippen LogP contribution in [0.15, 0.2) is 30.4 Å². The lowest BCUT2D eigenvalue weighted by molar-refractivity contribution is -0.148. The van der Waals surface area contributed by atoms with E-state index in [2.05, 4.69) is 14.5 Å². The Morgan fingerprint density at radius 2 is 2.29 bits per heavy atom. The summed E-state index contributed by atoms with van der Waals surface area (Å²) in [5.74, 6) is -0.137. The van der Waals surface area contributed by atoms with Gasteiger partial charge in [0.25, 0.3) is 0 Å². The standard InChI is InChI=1S/C16H19N3O2/c20-15-8-11-7-12(18-6-4-17-10-18)13-9-16(11,21-15)14-3-1-2-5-19(13)14/h4,6,8,10,12-14H,1-3,5,7,9H2/t12?,13-,14+,16-/m0/s1. The van der Waals surface area contributed by atoms with Crippen molar-refractivity contribution >= 4 is 5.97 Å². The Balaban J connectivity index is 1.62. The van der Waals surface area contributed by atoms with Gasteiger partial charge < -0.3 is 9.30 Å². The summed E-state index contributed by atoms with van der Waals surface area (Å²) in [7, 11) is 0. The van der Waals surface area contributed by atoms with E-state index in [4.69, 9.17) is 4.74 Å². The molecular weight excluding hydrogens is 266 g/mol. The normalized spacial score (nSPS) is 41.4. The van der Waals surface area contributed by atoms with E-state index in [0.717, 1.165) is 25.8 Å². The number of hydrogen-bond donors (Lipinski definition) is 0. The van der Waals surface area contributed by atoms with E-state index in [1.165, 1.54) is 18.4 Å². The van der Waals surface area contributed by atoms with E-state index in [-0.39, 0.29) is 11.6 Å². The molecule has 4 heterocycles. The van der Waals surface area contributed by atoms with Crippen molar-refractivity contribution in [1.82, 2.24) is 14.5 Å². The van der Waals surface area contributed by atoms with Gasteiger partial charge in [-0.15, -0.1) is 0 Å². The van der Waals surface area contributed by atoms with Crippen LogP contribution >= 0.6 is 0 Å². The molecule has 3 aliphatic heterocycles. The lowest BCUT2D eigenvalue weighted by Gasteiger charge is -2.37. The van der Waals surface area contributed by atoms with E-state index >= 15 is 0 Å². The minimum absolute atomic E-state index is 0.137. The first-order valence-electron chi connectivity index (χ1n) is 7.95. The zero-order valence-corrected chi connectivity index (χ0v) is 11.9. The van der Waals surface area contributed by atoms with Crippen molar-refractivity contribution in [3.8, 4) is 0 Å². The largest absolute Gasteiger partial charge is 0.450 e. The van der Waals surface area contributed by atoms with Crippen molar-refractivity contribution in [2.45, 2.75) is 55.8 Å². The first-order valence-corrected chi connectivity index (χ1v) is 7.95. The van der Waals surface area contributed by atoms with E-state index in [0.29, 0.717) is 18.1 Å². The molecule has 5 nitrogen and oxygen atoms in total. The molecule has 0 aromatic carbocycles. The van der Waals surface area contributed by atoms with Gasteiger partial charge in [0.1, 0.15) is 0 Å². The van der Waals surface area contributed by atoms with E-state index in [1.54, 1.807) is 6.08 Å². The third-order valence-corrected chi connectivity index (χ3v) is 5.92. The van der Waals surface area contributed by atoms with E-state index in [9.17, 15) is 4.79 Å². The Hall–Kier alpha value is -1.62. The average molecular weight is 285 g/mol. The van der Waals surface area contributed by atoms with Crippen LogP contribution in [0.5, 0.6) is 0 Å². The van der Waals surface area contributed by atoms with Gasteiger partial charge in [0.15, 0.2) is 5.60 Å². The summed E-state index contributed by atoms with van der Waals surface area (Å²) < 4.78 is 8.10. The van der Waals surface area contributed by atoms with Gasteiger partial charge in [-0.3, -0.25) is 4.90 Å². The maximum atomic E-state index is 11.9. The molecule has 1 aromatic heterocycles. The first-order chi connectivity index (χ1) is 10.3. The Morgan fingerprint density at radius 1 is 1.33 bits per heavy atom. The number of rotatable bonds is 1. The third kappa shape index (κ3) is 1.45. The predicted molar refractivity (Wildman–Crippen MR) is 75.5 cm³/mol. The third-order valence-electron chi connectivity index (χ3n) is 5.92. The fraction of sp³-hybridized carbons (Fsp3) is 0.625. The molecule has 1 spiro atoms. The minimum atomic E-state index is -0.306. The molecule has 5 rings (SSSR count). The van der Waals surface area contributed by atoms with Crippen LogP contribution in [0, 0.1) is 0 Å². The molecule has 110 valence electrons. The highest BCUT2D eigenvalue weighted by Crippen LogP contribution is 2.56. The van der Waals surface area contributed by atoms with Crippen LogP contribution in [0.4, 0.5) is 0 Å². The molecule has 4 aliphatic rings. The zero-order valence-electron chi connectivity index (χ0n) is 11.9. The number of aromatic nitrogens is 2. The summed E-state index contributed by atoms with van der Waals surface area (Å²) in [6.07, 6.45) is 13.1. The molecule has 5 heteroatoms. The number of fused-ring (bicyclic) bond motifs is 3. The molecule has 0 amide bonds. The maximum Gasteiger partial charge on any atom is 0.331 e. The summed E-state index contributed by atoms with van der Waals surface area (Å²) in [4.78, 5) is 18.8. The molecule has 1 saturated carbocycles. The number of imidazole rings is 1. The topological polar surface area (TPSA) is 47.4 Å². The van der Waals surface area contributed by atoms with Crippen molar-refractivity contribution < 1.29 is 9.53 Å². The van der Waals surface area contributed by atoms with E-state index in [1.807, 2.05) is 18.7 Å². The van der Waals surface area contributed by atoms with Gasteiger partial charge in [0.2, 0.25) is 0 Å². The van der Waals surface area contributed by atoms with Crippen LogP contribution in [0.25, 0.3) is 0 Å². The van der Waals surface area contributed by atoms with Crippen LogP contribution in [-0.4, -0.2) is 44.6 Å². The number of carbonyl (C=O) groups excluding carboxylic acids is 1. The Labute approximate surface area is 123 Å². The fourth-order valence-electron chi connectivity index (χ4n) is 5.13. The van der Waals surface area contributed by atoms with Crippen molar-refractivity contribution in [1.29, 1.82) is 0 Å². The van der Waals surface area contributed by atoms with Gasteiger partial charge in [-0.25, -0.2) is 9.78 Å². The molecule has 21 heavy (non-hydrogen) atoms. The van der Waals surface area contributed by atoms with Gasteiger partial charge >= 0.3 is 5.97 Å². The quantitative estimate of drug-likeness (QED) is 0.737. The first kappa shape index (κ1) is 12.0. The molecule has 0 radical (unpaired) electrons. The van der Waals surface area contributed by atoms with Gasteiger partial charge in [0.05, 0.1) is 18.4 Å². The lowest BCUT2D eigenvalue weighted by atomic mass is 9.75. The van der Waals surface area contributed by atoms with Crippen molar-refractivity contribution in [2.75, 3.05) is 6.54 Å². The molecule has 3 fully saturated rings. The summed E-state index contributed by atoms with van der Waals surface area (Å²) in [5.41, 5.74) is 0.913. The van der Waals surface area contributed by atoms with Crippen LogP contribution in [0.2, 0.25) is 0 Å². The molecule has 2 bridgehead atoms. The van der Waals surface area contributed by atoms with Gasteiger partial charge in [0, 0.05) is 30.9 Å². The summed E-state index contributed by atoms with van der Waals surface area (Å²) in [6, 6.07) is 1.24. The molecule has 0 N–H and O–H groups in total. The second-order valence-electron chi connectivity index (χ2n) is 6.78. The van der Waals surface area contributed by atoms with Crippen LogP contribution in [0.3, 0.4) is 0 Å². The van der Waals surface area contributed by atoms with Crippen LogP contribution in [-0.2, 0) is 9.53 Å². The fourth-order valence-corrected chi connectivity index (χ4v) is 5.13. The van der Waals surface area contributed by atoms with Gasteiger partial charge in [-0.1, -0.05) is 6.42 Å². The van der Waals surface area contributed by atoms with Crippen molar-refractivity contribution in [3.05, 3.63) is 30.4 Å². The number of piperidine rings is 1. The van der Waals surface area contributed by atoms with Crippen LogP contribution in [0.1, 0.15) is 38.1 Å².